The lowest BCUT2D eigenvalue weighted by Gasteiger charge is -2.30. The highest BCUT2D eigenvalue weighted by Gasteiger charge is 2.26. The molecular weight excluding hydrogens is 500 g/mol. The lowest BCUT2D eigenvalue weighted by Crippen LogP contribution is -2.41. The van der Waals surface area contributed by atoms with Gasteiger partial charge in [-0.15, -0.1) is 0 Å². The quantitative estimate of drug-likeness (QED) is 0.361. The zero-order chi connectivity index (χ0) is 29.0. The third kappa shape index (κ3) is 8.35. The number of ether oxygens (including phenoxy) is 4. The van der Waals surface area contributed by atoms with Gasteiger partial charge in [0.15, 0.2) is 0 Å². The summed E-state index contributed by atoms with van der Waals surface area (Å²) in [7, 11) is 1.59. The molecule has 10 nitrogen and oxygen atoms in total. The molecule has 0 aliphatic rings. The van der Waals surface area contributed by atoms with E-state index in [4.69, 9.17) is 24.7 Å². The first kappa shape index (κ1) is 29.8. The Bertz CT molecular complexity index is 1310. The molecule has 0 saturated carbocycles. The zero-order valence-electron chi connectivity index (χ0n) is 24.1. The lowest BCUT2D eigenvalue weighted by atomic mass is 10.1. The van der Waals surface area contributed by atoms with Crippen molar-refractivity contribution in [2.75, 3.05) is 32.5 Å². The van der Waals surface area contributed by atoms with Crippen molar-refractivity contribution in [3.63, 3.8) is 0 Å². The van der Waals surface area contributed by atoms with Gasteiger partial charge >= 0.3 is 12.2 Å². The Morgan fingerprint density at radius 1 is 1.03 bits per heavy atom. The van der Waals surface area contributed by atoms with Crippen LogP contribution in [0.4, 0.5) is 15.3 Å². The molecule has 39 heavy (non-hydrogen) atoms. The number of carbonyl (C=O) groups is 2. The number of anilines is 1. The second-order valence-corrected chi connectivity index (χ2v) is 11.3. The van der Waals surface area contributed by atoms with Crippen molar-refractivity contribution in [1.29, 1.82) is 0 Å². The molecule has 0 aliphatic heterocycles. The molecule has 3 rings (SSSR count). The third-order valence-corrected chi connectivity index (χ3v) is 5.64. The molecule has 212 valence electrons. The minimum absolute atomic E-state index is 0.178. The van der Waals surface area contributed by atoms with E-state index in [-0.39, 0.29) is 19.7 Å². The summed E-state index contributed by atoms with van der Waals surface area (Å²) in [6.07, 6.45) is -1.46. The largest absolute Gasteiger partial charge is 0.492 e. The number of hydrogen-bond donors (Lipinski definition) is 1. The SMILES string of the molecule is CO[C@@H](CN(CCOc1ccc2c(C)nn(C(=O)OC(C)(C)C)c2c1)C(=O)OC(C)(C)C)c1cccc(N)c1. The van der Waals surface area contributed by atoms with Gasteiger partial charge in [0, 0.05) is 24.2 Å². The number of carbonyl (C=O) groups excluding carboxylic acids is 2. The van der Waals surface area contributed by atoms with Gasteiger partial charge in [-0.3, -0.25) is 0 Å². The number of aryl methyl sites for hydroxylation is 1. The first-order valence-electron chi connectivity index (χ1n) is 12.9. The molecule has 0 saturated heterocycles. The van der Waals surface area contributed by atoms with Gasteiger partial charge in [-0.25, -0.2) is 9.59 Å². The van der Waals surface area contributed by atoms with Gasteiger partial charge < -0.3 is 29.6 Å². The standard InChI is InChI=1S/C29H40N4O6/c1-19-23-13-12-22(17-24(23)33(31-19)27(35)39-29(5,6)7)37-15-14-32(26(34)38-28(2,3)4)18-25(36-8)20-10-9-11-21(30)16-20/h9-13,16-17,25H,14-15,18,30H2,1-8H3/t25-/m0/s1. The summed E-state index contributed by atoms with van der Waals surface area (Å²) in [5, 5.41) is 5.17. The average Bonchev–Trinajstić information content (AvgIpc) is 3.15. The van der Waals surface area contributed by atoms with E-state index < -0.39 is 29.5 Å². The summed E-state index contributed by atoms with van der Waals surface area (Å²) < 4.78 is 24.1. The monoisotopic (exact) mass is 540 g/mol. The average molecular weight is 541 g/mol. The van der Waals surface area contributed by atoms with E-state index >= 15 is 0 Å². The van der Waals surface area contributed by atoms with Crippen LogP contribution in [0.2, 0.25) is 0 Å². The number of nitrogens with zero attached hydrogens (tertiary/aromatic N) is 3. The Hall–Kier alpha value is -3.79. The second kappa shape index (κ2) is 11.9. The predicted molar refractivity (Wildman–Crippen MR) is 150 cm³/mol. The zero-order valence-corrected chi connectivity index (χ0v) is 24.1. The van der Waals surface area contributed by atoms with Gasteiger partial charge in [-0.2, -0.15) is 9.78 Å². The van der Waals surface area contributed by atoms with Gasteiger partial charge in [-0.1, -0.05) is 12.1 Å². The Labute approximate surface area is 229 Å². The summed E-state index contributed by atoms with van der Waals surface area (Å²) >= 11 is 0. The topological polar surface area (TPSA) is 118 Å². The molecule has 1 amide bonds. The Morgan fingerprint density at radius 2 is 1.72 bits per heavy atom. The number of fused-ring (bicyclic) bond motifs is 1. The van der Waals surface area contributed by atoms with Crippen molar-refractivity contribution >= 4 is 28.8 Å². The molecule has 3 aromatic rings. The minimum Gasteiger partial charge on any atom is -0.492 e. The van der Waals surface area contributed by atoms with E-state index in [1.165, 1.54) is 4.68 Å². The van der Waals surface area contributed by atoms with E-state index in [2.05, 4.69) is 5.10 Å². The van der Waals surface area contributed by atoms with Crippen LogP contribution in [0.15, 0.2) is 42.5 Å². The van der Waals surface area contributed by atoms with Crippen LogP contribution in [0, 0.1) is 6.92 Å². The van der Waals surface area contributed by atoms with Gasteiger partial charge in [0.05, 0.1) is 30.4 Å². The molecule has 0 radical (unpaired) electrons. The fourth-order valence-corrected chi connectivity index (χ4v) is 3.92. The summed E-state index contributed by atoms with van der Waals surface area (Å²) in [5.41, 5.74) is 7.36. The normalized spacial score (nSPS) is 12.7. The summed E-state index contributed by atoms with van der Waals surface area (Å²) in [5.74, 6) is 0.524. The van der Waals surface area contributed by atoms with E-state index in [1.807, 2.05) is 52.0 Å². The van der Waals surface area contributed by atoms with Crippen LogP contribution in [0.5, 0.6) is 5.75 Å². The highest BCUT2D eigenvalue weighted by Crippen LogP contribution is 2.25. The second-order valence-electron chi connectivity index (χ2n) is 11.3. The van der Waals surface area contributed by atoms with Crippen molar-refractivity contribution in [3.8, 4) is 5.75 Å². The molecule has 0 bridgehead atoms. The van der Waals surface area contributed by atoms with E-state index in [0.29, 0.717) is 22.6 Å². The van der Waals surface area contributed by atoms with Crippen molar-refractivity contribution < 1.29 is 28.5 Å². The molecule has 1 atom stereocenters. The predicted octanol–water partition coefficient (Wildman–Crippen LogP) is 5.71. The van der Waals surface area contributed by atoms with Crippen molar-refractivity contribution in [3.05, 3.63) is 53.7 Å². The van der Waals surface area contributed by atoms with Gasteiger partial charge in [0.2, 0.25) is 0 Å². The fraction of sp³-hybridized carbons (Fsp3) is 0.483. The van der Waals surface area contributed by atoms with Crippen LogP contribution >= 0.6 is 0 Å². The Kier molecular flexibility index (Phi) is 9.11. The number of hydrogen-bond acceptors (Lipinski definition) is 8. The maximum Gasteiger partial charge on any atom is 0.435 e. The van der Waals surface area contributed by atoms with Crippen LogP contribution in [0.1, 0.15) is 58.9 Å². The molecule has 10 heteroatoms. The number of amides is 1. The van der Waals surface area contributed by atoms with Crippen molar-refractivity contribution in [2.24, 2.45) is 0 Å². The van der Waals surface area contributed by atoms with E-state index in [1.54, 1.807) is 51.0 Å². The Morgan fingerprint density at radius 3 is 2.33 bits per heavy atom. The number of rotatable bonds is 8. The van der Waals surface area contributed by atoms with Crippen LogP contribution < -0.4 is 10.5 Å². The summed E-state index contributed by atoms with van der Waals surface area (Å²) in [4.78, 5) is 27.3. The molecule has 0 aliphatic carbocycles. The van der Waals surface area contributed by atoms with E-state index in [9.17, 15) is 9.59 Å². The smallest absolute Gasteiger partial charge is 0.435 e. The number of nitrogen functional groups attached to an aromatic ring is 1. The van der Waals surface area contributed by atoms with Crippen molar-refractivity contribution in [2.45, 2.75) is 65.8 Å². The minimum atomic E-state index is -0.668. The molecule has 1 heterocycles. The maximum atomic E-state index is 13.1. The number of benzene rings is 2. The van der Waals surface area contributed by atoms with Crippen molar-refractivity contribution in [1.82, 2.24) is 14.7 Å². The maximum absolute atomic E-state index is 13.1. The summed E-state index contributed by atoms with van der Waals surface area (Å²) in [6.45, 7) is 13.3. The van der Waals surface area contributed by atoms with Crippen LogP contribution in [-0.4, -0.2) is 64.9 Å². The van der Waals surface area contributed by atoms with Crippen LogP contribution in [0.25, 0.3) is 10.9 Å². The third-order valence-electron chi connectivity index (χ3n) is 5.64. The first-order valence-corrected chi connectivity index (χ1v) is 12.9. The van der Waals surface area contributed by atoms with Crippen LogP contribution in [-0.2, 0) is 14.2 Å². The van der Waals surface area contributed by atoms with E-state index in [0.717, 1.165) is 10.9 Å². The Balaban J connectivity index is 1.77. The number of aromatic nitrogens is 2. The summed E-state index contributed by atoms with van der Waals surface area (Å²) in [6, 6.07) is 12.8. The van der Waals surface area contributed by atoms with Gasteiger partial charge in [-0.05, 0) is 78.3 Å². The molecule has 0 fully saturated rings. The van der Waals surface area contributed by atoms with Gasteiger partial charge in [0.25, 0.3) is 0 Å². The molecular formula is C29H40N4O6. The highest BCUT2D eigenvalue weighted by molar-refractivity contribution is 5.90. The molecule has 1 aromatic heterocycles. The van der Waals surface area contributed by atoms with Gasteiger partial charge in [0.1, 0.15) is 23.6 Å². The number of nitrogens with two attached hydrogens (primary N) is 1. The molecule has 2 N–H and O–H groups in total. The number of methoxy groups -OCH3 is 1. The first-order chi connectivity index (χ1) is 18.2. The molecule has 0 unspecified atom stereocenters. The lowest BCUT2D eigenvalue weighted by molar-refractivity contribution is 0.00509. The van der Waals surface area contributed by atoms with Crippen LogP contribution in [0.3, 0.4) is 0 Å². The highest BCUT2D eigenvalue weighted by atomic mass is 16.6. The molecule has 2 aromatic carbocycles. The fourth-order valence-electron chi connectivity index (χ4n) is 3.92. The molecule has 0 spiro atoms.